The molecule has 0 saturated carbocycles. The summed E-state index contributed by atoms with van der Waals surface area (Å²) in [6, 6.07) is 14.2. The van der Waals surface area contributed by atoms with Gasteiger partial charge in [0.25, 0.3) is 5.91 Å². The van der Waals surface area contributed by atoms with Crippen molar-refractivity contribution in [3.05, 3.63) is 48.5 Å². The van der Waals surface area contributed by atoms with E-state index >= 15 is 0 Å². The Morgan fingerprint density at radius 3 is 2.48 bits per heavy atom. The highest BCUT2D eigenvalue weighted by Crippen LogP contribution is 2.19. The van der Waals surface area contributed by atoms with Crippen molar-refractivity contribution in [3.63, 3.8) is 0 Å². The maximum atomic E-state index is 12.1. The zero-order valence-corrected chi connectivity index (χ0v) is 12.1. The van der Waals surface area contributed by atoms with E-state index in [1.54, 1.807) is 50.6 Å². The van der Waals surface area contributed by atoms with Gasteiger partial charge in [0.1, 0.15) is 11.5 Å². The van der Waals surface area contributed by atoms with Crippen molar-refractivity contribution in [2.75, 3.05) is 31.4 Å². The van der Waals surface area contributed by atoms with Gasteiger partial charge in [-0.05, 0) is 36.4 Å². The monoisotopic (exact) mass is 286 g/mol. The molecule has 2 aromatic carbocycles. The van der Waals surface area contributed by atoms with Gasteiger partial charge in [-0.15, -0.1) is 0 Å². The minimum Gasteiger partial charge on any atom is -0.497 e. The van der Waals surface area contributed by atoms with Gasteiger partial charge in [0.05, 0.1) is 7.11 Å². The third kappa shape index (κ3) is 3.89. The van der Waals surface area contributed by atoms with Crippen molar-refractivity contribution >= 4 is 17.3 Å². The summed E-state index contributed by atoms with van der Waals surface area (Å²) in [4.78, 5) is 13.6. The predicted octanol–water partition coefficient (Wildman–Crippen LogP) is 2.32. The number of amides is 1. The Morgan fingerprint density at radius 2 is 1.86 bits per heavy atom. The lowest BCUT2D eigenvalue weighted by Gasteiger charge is -2.18. The molecule has 0 unspecified atom stereocenters. The molecule has 0 fully saturated rings. The molecule has 0 radical (unpaired) electrons. The van der Waals surface area contributed by atoms with Gasteiger partial charge < -0.3 is 20.1 Å². The molecule has 0 heterocycles. The van der Waals surface area contributed by atoms with Gasteiger partial charge >= 0.3 is 0 Å². The molecule has 2 aromatic rings. The van der Waals surface area contributed by atoms with Crippen molar-refractivity contribution in [2.45, 2.75) is 0 Å². The van der Waals surface area contributed by atoms with E-state index in [2.05, 4.69) is 0 Å². The summed E-state index contributed by atoms with van der Waals surface area (Å²) in [7, 11) is 3.30. The summed E-state index contributed by atoms with van der Waals surface area (Å²) in [6.07, 6.45) is 0. The number of carbonyl (C=O) groups is 1. The molecule has 0 spiro atoms. The molecule has 2 rings (SSSR count). The maximum Gasteiger partial charge on any atom is 0.264 e. The number of nitrogens with two attached hydrogens (primary N) is 1. The van der Waals surface area contributed by atoms with Gasteiger partial charge in [-0.1, -0.05) is 6.07 Å². The normalized spacial score (nSPS) is 10.0. The third-order valence-electron chi connectivity index (χ3n) is 3.05. The SMILES string of the molecule is COc1ccc(N(C)C(=O)COc2cccc(N)c2)cc1. The fourth-order valence-corrected chi connectivity index (χ4v) is 1.80. The lowest BCUT2D eigenvalue weighted by molar-refractivity contribution is -0.120. The second-order valence-electron chi connectivity index (χ2n) is 4.51. The van der Waals surface area contributed by atoms with Crippen molar-refractivity contribution < 1.29 is 14.3 Å². The molecule has 5 heteroatoms. The highest BCUT2D eigenvalue weighted by molar-refractivity contribution is 5.93. The summed E-state index contributed by atoms with van der Waals surface area (Å²) in [5.41, 5.74) is 7.03. The number of hydrogen-bond acceptors (Lipinski definition) is 4. The molecule has 0 bridgehead atoms. The number of nitrogens with zero attached hydrogens (tertiary/aromatic N) is 1. The summed E-state index contributed by atoms with van der Waals surface area (Å²) < 4.78 is 10.5. The average molecular weight is 286 g/mol. The summed E-state index contributed by atoms with van der Waals surface area (Å²) in [6.45, 7) is -0.0496. The zero-order valence-electron chi connectivity index (χ0n) is 12.1. The maximum absolute atomic E-state index is 12.1. The minimum absolute atomic E-state index is 0.0496. The number of carbonyl (C=O) groups excluding carboxylic acids is 1. The molecular weight excluding hydrogens is 268 g/mol. The van der Waals surface area contributed by atoms with Crippen LogP contribution in [0.5, 0.6) is 11.5 Å². The van der Waals surface area contributed by atoms with E-state index in [1.807, 2.05) is 12.1 Å². The first-order valence-electron chi connectivity index (χ1n) is 6.49. The highest BCUT2D eigenvalue weighted by atomic mass is 16.5. The smallest absolute Gasteiger partial charge is 0.264 e. The molecule has 0 atom stereocenters. The van der Waals surface area contributed by atoms with Gasteiger partial charge in [0.2, 0.25) is 0 Å². The number of anilines is 2. The van der Waals surface area contributed by atoms with E-state index in [0.717, 1.165) is 11.4 Å². The number of ether oxygens (including phenoxy) is 2. The molecule has 2 N–H and O–H groups in total. The lowest BCUT2D eigenvalue weighted by atomic mass is 10.3. The van der Waals surface area contributed by atoms with Crippen LogP contribution >= 0.6 is 0 Å². The Labute approximate surface area is 123 Å². The molecule has 21 heavy (non-hydrogen) atoms. The van der Waals surface area contributed by atoms with Crippen molar-refractivity contribution in [3.8, 4) is 11.5 Å². The fourth-order valence-electron chi connectivity index (χ4n) is 1.80. The van der Waals surface area contributed by atoms with Gasteiger partial charge in [-0.2, -0.15) is 0 Å². The van der Waals surface area contributed by atoms with Gasteiger partial charge in [0, 0.05) is 24.5 Å². The predicted molar refractivity (Wildman–Crippen MR) is 82.8 cm³/mol. The molecule has 0 aliphatic carbocycles. The number of methoxy groups -OCH3 is 1. The highest BCUT2D eigenvalue weighted by Gasteiger charge is 2.11. The lowest BCUT2D eigenvalue weighted by Crippen LogP contribution is -2.31. The van der Waals surface area contributed by atoms with Crippen LogP contribution in [0.1, 0.15) is 0 Å². The molecule has 110 valence electrons. The fraction of sp³-hybridized carbons (Fsp3) is 0.188. The molecule has 0 aromatic heterocycles. The number of hydrogen-bond donors (Lipinski definition) is 1. The van der Waals surface area contributed by atoms with E-state index < -0.39 is 0 Å². The second-order valence-corrected chi connectivity index (χ2v) is 4.51. The largest absolute Gasteiger partial charge is 0.497 e. The number of benzene rings is 2. The van der Waals surface area contributed by atoms with Crippen LogP contribution in [0.15, 0.2) is 48.5 Å². The first-order chi connectivity index (χ1) is 10.1. The topological polar surface area (TPSA) is 64.8 Å². The van der Waals surface area contributed by atoms with E-state index in [0.29, 0.717) is 11.4 Å². The molecule has 1 amide bonds. The Balaban J connectivity index is 1.95. The van der Waals surface area contributed by atoms with Crippen LogP contribution in [-0.2, 0) is 4.79 Å². The van der Waals surface area contributed by atoms with Gasteiger partial charge in [0.15, 0.2) is 6.61 Å². The van der Waals surface area contributed by atoms with Crippen LogP contribution in [0.3, 0.4) is 0 Å². The van der Waals surface area contributed by atoms with Crippen LogP contribution < -0.4 is 20.1 Å². The number of nitrogen functional groups attached to an aromatic ring is 1. The quantitative estimate of drug-likeness (QED) is 0.857. The van der Waals surface area contributed by atoms with Crippen molar-refractivity contribution in [1.29, 1.82) is 0 Å². The van der Waals surface area contributed by atoms with Crippen LogP contribution in [0, 0.1) is 0 Å². The molecule has 0 aliphatic heterocycles. The van der Waals surface area contributed by atoms with Crippen LogP contribution in [0.4, 0.5) is 11.4 Å². The summed E-state index contributed by atoms with van der Waals surface area (Å²) in [5, 5.41) is 0. The minimum atomic E-state index is -0.150. The molecule has 0 aliphatic rings. The van der Waals surface area contributed by atoms with E-state index in [4.69, 9.17) is 15.2 Å². The molecule has 5 nitrogen and oxygen atoms in total. The Bertz CT molecular complexity index is 611. The van der Waals surface area contributed by atoms with Crippen LogP contribution in [0.25, 0.3) is 0 Å². The Hall–Kier alpha value is -2.69. The molecule has 0 saturated heterocycles. The number of likely N-dealkylation sites (N-methyl/N-ethyl adjacent to an activating group) is 1. The van der Waals surface area contributed by atoms with E-state index in [1.165, 1.54) is 4.90 Å². The van der Waals surface area contributed by atoms with Crippen molar-refractivity contribution in [2.24, 2.45) is 0 Å². The van der Waals surface area contributed by atoms with Crippen LogP contribution in [-0.4, -0.2) is 26.7 Å². The van der Waals surface area contributed by atoms with Crippen LogP contribution in [0.2, 0.25) is 0 Å². The summed E-state index contributed by atoms with van der Waals surface area (Å²) in [5.74, 6) is 1.17. The first kappa shape index (κ1) is 14.7. The standard InChI is InChI=1S/C16H18N2O3/c1-18(13-6-8-14(20-2)9-7-13)16(19)11-21-15-5-3-4-12(17)10-15/h3-10H,11,17H2,1-2H3. The Kier molecular flexibility index (Phi) is 4.66. The van der Waals surface area contributed by atoms with E-state index in [9.17, 15) is 4.79 Å². The Morgan fingerprint density at radius 1 is 1.14 bits per heavy atom. The van der Waals surface area contributed by atoms with Gasteiger partial charge in [-0.25, -0.2) is 0 Å². The third-order valence-corrected chi connectivity index (χ3v) is 3.05. The summed E-state index contributed by atoms with van der Waals surface area (Å²) >= 11 is 0. The van der Waals surface area contributed by atoms with Crippen molar-refractivity contribution in [1.82, 2.24) is 0 Å². The molecular formula is C16H18N2O3. The number of rotatable bonds is 5. The average Bonchev–Trinajstić information content (AvgIpc) is 2.52. The van der Waals surface area contributed by atoms with E-state index in [-0.39, 0.29) is 12.5 Å². The second kappa shape index (κ2) is 6.65. The first-order valence-corrected chi connectivity index (χ1v) is 6.49. The van der Waals surface area contributed by atoms with Gasteiger partial charge in [-0.3, -0.25) is 4.79 Å². The zero-order chi connectivity index (χ0) is 15.2.